The molecule has 0 unspecified atom stereocenters. The lowest BCUT2D eigenvalue weighted by molar-refractivity contribution is 0.0695. The SMILES string of the molecule is O=C(O)c1cccc(C(=O)O)c1CCCc1ccc(CC2CCCCC2)cc1Cl. The molecule has 0 heterocycles. The van der Waals surface area contributed by atoms with E-state index in [4.69, 9.17) is 11.6 Å². The van der Waals surface area contributed by atoms with Crippen molar-refractivity contribution in [1.29, 1.82) is 0 Å². The molecule has 5 heteroatoms. The first-order valence-electron chi connectivity index (χ1n) is 10.3. The molecule has 1 aliphatic carbocycles. The summed E-state index contributed by atoms with van der Waals surface area (Å²) in [5, 5.41) is 19.5. The number of carboxylic acid groups (broad SMARTS) is 2. The number of carbonyl (C=O) groups is 2. The van der Waals surface area contributed by atoms with Gasteiger partial charge in [-0.1, -0.05) is 61.9 Å². The highest BCUT2D eigenvalue weighted by atomic mass is 35.5. The molecule has 1 saturated carbocycles. The monoisotopic (exact) mass is 414 g/mol. The van der Waals surface area contributed by atoms with Crippen LogP contribution in [0.2, 0.25) is 5.02 Å². The number of aryl methyl sites for hydroxylation is 1. The maximum absolute atomic E-state index is 11.5. The van der Waals surface area contributed by atoms with Gasteiger partial charge in [0, 0.05) is 5.02 Å². The van der Waals surface area contributed by atoms with E-state index in [0.29, 0.717) is 24.8 Å². The van der Waals surface area contributed by atoms with Gasteiger partial charge in [-0.3, -0.25) is 0 Å². The van der Waals surface area contributed by atoms with Gasteiger partial charge in [-0.25, -0.2) is 9.59 Å². The van der Waals surface area contributed by atoms with Gasteiger partial charge in [0.05, 0.1) is 11.1 Å². The van der Waals surface area contributed by atoms with Gasteiger partial charge in [-0.15, -0.1) is 0 Å². The standard InChI is InChI=1S/C24H27ClO4/c25-22-15-17(14-16-6-2-1-3-7-16)12-13-18(22)8-4-9-19-20(23(26)27)10-5-11-21(19)24(28)29/h5,10-13,15-16H,1-4,6-9,14H2,(H,26,27)(H,28,29). The minimum atomic E-state index is -1.10. The van der Waals surface area contributed by atoms with E-state index in [1.807, 2.05) is 0 Å². The third kappa shape index (κ3) is 5.60. The molecular formula is C24H27ClO4. The molecule has 0 saturated heterocycles. The van der Waals surface area contributed by atoms with E-state index < -0.39 is 11.9 Å². The van der Waals surface area contributed by atoms with E-state index >= 15 is 0 Å². The van der Waals surface area contributed by atoms with Crippen molar-refractivity contribution < 1.29 is 19.8 Å². The van der Waals surface area contributed by atoms with Crippen LogP contribution >= 0.6 is 11.6 Å². The van der Waals surface area contributed by atoms with Crippen molar-refractivity contribution in [2.24, 2.45) is 5.92 Å². The summed E-state index contributed by atoms with van der Waals surface area (Å²) < 4.78 is 0. The summed E-state index contributed by atoms with van der Waals surface area (Å²) >= 11 is 6.50. The lowest BCUT2D eigenvalue weighted by Gasteiger charge is -2.21. The van der Waals surface area contributed by atoms with Crippen molar-refractivity contribution in [2.75, 3.05) is 0 Å². The van der Waals surface area contributed by atoms with Gasteiger partial charge in [-0.2, -0.15) is 0 Å². The fourth-order valence-corrected chi connectivity index (χ4v) is 4.66. The average Bonchev–Trinajstić information content (AvgIpc) is 2.70. The molecule has 0 bridgehead atoms. The van der Waals surface area contributed by atoms with Crippen molar-refractivity contribution in [3.63, 3.8) is 0 Å². The highest BCUT2D eigenvalue weighted by Crippen LogP contribution is 2.29. The third-order valence-electron chi connectivity index (χ3n) is 5.88. The molecule has 0 aromatic heterocycles. The van der Waals surface area contributed by atoms with Crippen LogP contribution in [0.15, 0.2) is 36.4 Å². The van der Waals surface area contributed by atoms with Crippen molar-refractivity contribution in [3.8, 4) is 0 Å². The Morgan fingerprint density at radius 2 is 1.59 bits per heavy atom. The van der Waals surface area contributed by atoms with E-state index in [-0.39, 0.29) is 11.1 Å². The van der Waals surface area contributed by atoms with E-state index in [1.54, 1.807) is 0 Å². The van der Waals surface area contributed by atoms with Gasteiger partial charge in [0.1, 0.15) is 0 Å². The molecule has 1 fully saturated rings. The second-order valence-electron chi connectivity index (χ2n) is 7.93. The Kier molecular flexibility index (Phi) is 7.32. The Morgan fingerprint density at radius 3 is 2.17 bits per heavy atom. The lowest BCUT2D eigenvalue weighted by Crippen LogP contribution is -2.10. The summed E-state index contributed by atoms with van der Waals surface area (Å²) in [7, 11) is 0. The van der Waals surface area contributed by atoms with E-state index in [1.165, 1.54) is 55.9 Å². The molecule has 2 N–H and O–H groups in total. The summed E-state index contributed by atoms with van der Waals surface area (Å²) in [4.78, 5) is 22.9. The molecule has 3 rings (SSSR count). The molecule has 4 nitrogen and oxygen atoms in total. The Morgan fingerprint density at radius 1 is 0.931 bits per heavy atom. The topological polar surface area (TPSA) is 74.6 Å². The predicted molar refractivity (Wildman–Crippen MR) is 114 cm³/mol. The fraction of sp³-hybridized carbons (Fsp3) is 0.417. The fourth-order valence-electron chi connectivity index (χ4n) is 4.36. The maximum Gasteiger partial charge on any atom is 0.335 e. The highest BCUT2D eigenvalue weighted by molar-refractivity contribution is 6.31. The van der Waals surface area contributed by atoms with Crippen LogP contribution in [-0.4, -0.2) is 22.2 Å². The Labute approximate surface area is 176 Å². The van der Waals surface area contributed by atoms with Crippen LogP contribution in [0, 0.1) is 5.92 Å². The molecule has 2 aromatic carbocycles. The molecule has 0 amide bonds. The summed E-state index contributed by atoms with van der Waals surface area (Å²) in [5.41, 5.74) is 2.77. The number of carboxylic acids is 2. The van der Waals surface area contributed by atoms with Crippen LogP contribution in [0.25, 0.3) is 0 Å². The normalized spacial score (nSPS) is 14.7. The van der Waals surface area contributed by atoms with Crippen LogP contribution in [0.4, 0.5) is 0 Å². The quantitative estimate of drug-likeness (QED) is 0.552. The zero-order chi connectivity index (χ0) is 20.8. The number of benzene rings is 2. The van der Waals surface area contributed by atoms with Gasteiger partial charge in [0.25, 0.3) is 0 Å². The minimum Gasteiger partial charge on any atom is -0.478 e. The van der Waals surface area contributed by atoms with Crippen LogP contribution in [0.1, 0.15) is 75.9 Å². The molecule has 154 valence electrons. The van der Waals surface area contributed by atoms with Crippen LogP contribution in [0.3, 0.4) is 0 Å². The summed E-state index contributed by atoms with van der Waals surface area (Å²) in [5.74, 6) is -1.45. The Hall–Kier alpha value is -2.33. The van der Waals surface area contributed by atoms with Gasteiger partial charge >= 0.3 is 11.9 Å². The largest absolute Gasteiger partial charge is 0.478 e. The van der Waals surface area contributed by atoms with E-state index in [9.17, 15) is 19.8 Å². The van der Waals surface area contributed by atoms with Crippen LogP contribution in [-0.2, 0) is 19.3 Å². The van der Waals surface area contributed by atoms with Gasteiger partial charge in [0.15, 0.2) is 0 Å². The molecule has 29 heavy (non-hydrogen) atoms. The third-order valence-corrected chi connectivity index (χ3v) is 6.23. The lowest BCUT2D eigenvalue weighted by atomic mass is 9.84. The highest BCUT2D eigenvalue weighted by Gasteiger charge is 2.18. The maximum atomic E-state index is 11.5. The molecule has 0 aliphatic heterocycles. The average molecular weight is 415 g/mol. The summed E-state index contributed by atoms with van der Waals surface area (Å²) in [6, 6.07) is 10.6. The second-order valence-corrected chi connectivity index (χ2v) is 8.34. The predicted octanol–water partition coefficient (Wildman–Crippen LogP) is 6.03. The van der Waals surface area contributed by atoms with E-state index in [0.717, 1.165) is 22.9 Å². The molecule has 2 aromatic rings. The minimum absolute atomic E-state index is 0.0545. The summed E-state index contributed by atoms with van der Waals surface area (Å²) in [6.45, 7) is 0. The molecule has 0 radical (unpaired) electrons. The van der Waals surface area contributed by atoms with Gasteiger partial charge < -0.3 is 10.2 Å². The van der Waals surface area contributed by atoms with Crippen molar-refractivity contribution in [3.05, 3.63) is 69.2 Å². The van der Waals surface area contributed by atoms with Crippen molar-refractivity contribution in [1.82, 2.24) is 0 Å². The zero-order valence-electron chi connectivity index (χ0n) is 16.5. The molecule has 1 aliphatic rings. The van der Waals surface area contributed by atoms with Crippen molar-refractivity contribution in [2.45, 2.75) is 57.8 Å². The number of rotatable bonds is 8. The molecule has 0 spiro atoms. The first kappa shape index (κ1) is 21.4. The smallest absolute Gasteiger partial charge is 0.335 e. The Balaban J connectivity index is 1.65. The van der Waals surface area contributed by atoms with Crippen molar-refractivity contribution >= 4 is 23.5 Å². The van der Waals surface area contributed by atoms with Crippen LogP contribution in [0.5, 0.6) is 0 Å². The summed E-state index contributed by atoms with van der Waals surface area (Å²) in [6.07, 6.45) is 9.37. The number of aromatic carboxylic acids is 2. The first-order valence-corrected chi connectivity index (χ1v) is 10.7. The van der Waals surface area contributed by atoms with Crippen LogP contribution < -0.4 is 0 Å². The number of hydrogen-bond donors (Lipinski definition) is 2. The Bertz CT molecular complexity index is 852. The molecular weight excluding hydrogens is 388 g/mol. The number of hydrogen-bond acceptors (Lipinski definition) is 2. The number of halogens is 1. The zero-order valence-corrected chi connectivity index (χ0v) is 17.3. The van der Waals surface area contributed by atoms with E-state index in [2.05, 4.69) is 18.2 Å². The van der Waals surface area contributed by atoms with Gasteiger partial charge in [0.2, 0.25) is 0 Å². The molecule has 0 atom stereocenters. The second kappa shape index (κ2) is 9.93. The first-order chi connectivity index (χ1) is 14.0. The van der Waals surface area contributed by atoms with Gasteiger partial charge in [-0.05, 0) is 66.5 Å².